The number of para-hydroxylation sites is 1. The van der Waals surface area contributed by atoms with E-state index >= 15 is 0 Å². The Kier molecular flexibility index (Phi) is 5.23. The van der Waals surface area contributed by atoms with Gasteiger partial charge >= 0.3 is 0 Å². The SMILES string of the molecule is CCC(C)OC(CNC1CC1)c1ccccc1OC. The van der Waals surface area contributed by atoms with Crippen LogP contribution in [-0.2, 0) is 4.74 Å². The Balaban J connectivity index is 2.08. The largest absolute Gasteiger partial charge is 0.496 e. The van der Waals surface area contributed by atoms with Gasteiger partial charge in [-0.3, -0.25) is 0 Å². The number of hydrogen-bond acceptors (Lipinski definition) is 3. The van der Waals surface area contributed by atoms with E-state index in [-0.39, 0.29) is 12.2 Å². The fraction of sp³-hybridized carbons (Fsp3) is 0.625. The molecule has 3 nitrogen and oxygen atoms in total. The van der Waals surface area contributed by atoms with Crippen LogP contribution in [0.4, 0.5) is 0 Å². The third-order valence-corrected chi connectivity index (χ3v) is 3.63. The predicted octanol–water partition coefficient (Wildman–Crippen LogP) is 3.30. The quantitative estimate of drug-likeness (QED) is 0.780. The maximum atomic E-state index is 6.16. The van der Waals surface area contributed by atoms with E-state index < -0.39 is 0 Å². The van der Waals surface area contributed by atoms with E-state index in [2.05, 4.69) is 25.2 Å². The summed E-state index contributed by atoms with van der Waals surface area (Å²) in [7, 11) is 1.72. The monoisotopic (exact) mass is 263 g/mol. The van der Waals surface area contributed by atoms with Gasteiger partial charge in [0.05, 0.1) is 19.3 Å². The van der Waals surface area contributed by atoms with Gasteiger partial charge in [-0.25, -0.2) is 0 Å². The van der Waals surface area contributed by atoms with E-state index in [0.717, 1.165) is 24.3 Å². The first-order chi connectivity index (χ1) is 9.24. The van der Waals surface area contributed by atoms with E-state index in [4.69, 9.17) is 9.47 Å². The zero-order valence-corrected chi connectivity index (χ0v) is 12.2. The van der Waals surface area contributed by atoms with Crippen LogP contribution in [0.2, 0.25) is 0 Å². The molecule has 0 aromatic heterocycles. The van der Waals surface area contributed by atoms with Crippen LogP contribution in [0.1, 0.15) is 44.8 Å². The van der Waals surface area contributed by atoms with E-state index in [1.807, 2.05) is 18.2 Å². The Morgan fingerprint density at radius 1 is 1.32 bits per heavy atom. The zero-order valence-electron chi connectivity index (χ0n) is 12.2. The van der Waals surface area contributed by atoms with Crippen molar-refractivity contribution in [3.63, 3.8) is 0 Å². The van der Waals surface area contributed by atoms with Gasteiger partial charge in [0, 0.05) is 18.2 Å². The molecular weight excluding hydrogens is 238 g/mol. The molecule has 1 aromatic carbocycles. The summed E-state index contributed by atoms with van der Waals surface area (Å²) in [6.45, 7) is 5.13. The maximum absolute atomic E-state index is 6.16. The van der Waals surface area contributed by atoms with Gasteiger partial charge in [0.1, 0.15) is 5.75 Å². The molecule has 1 N–H and O–H groups in total. The van der Waals surface area contributed by atoms with Crippen molar-refractivity contribution in [1.82, 2.24) is 5.32 Å². The van der Waals surface area contributed by atoms with Crippen molar-refractivity contribution in [2.45, 2.75) is 51.4 Å². The molecular formula is C16H25NO2. The van der Waals surface area contributed by atoms with Crippen molar-refractivity contribution in [1.29, 1.82) is 0 Å². The lowest BCUT2D eigenvalue weighted by atomic mass is 10.1. The van der Waals surface area contributed by atoms with Crippen LogP contribution in [0.25, 0.3) is 0 Å². The number of rotatable bonds is 8. The first-order valence-corrected chi connectivity index (χ1v) is 7.26. The van der Waals surface area contributed by atoms with E-state index in [0.29, 0.717) is 6.04 Å². The van der Waals surface area contributed by atoms with Gasteiger partial charge in [-0.2, -0.15) is 0 Å². The van der Waals surface area contributed by atoms with Crippen molar-refractivity contribution in [3.8, 4) is 5.75 Å². The van der Waals surface area contributed by atoms with Gasteiger partial charge in [-0.05, 0) is 32.3 Å². The summed E-state index contributed by atoms with van der Waals surface area (Å²) in [4.78, 5) is 0. The molecule has 0 radical (unpaired) electrons. The maximum Gasteiger partial charge on any atom is 0.124 e. The molecule has 0 spiro atoms. The summed E-state index contributed by atoms with van der Waals surface area (Å²) in [5, 5.41) is 3.56. The molecule has 2 atom stereocenters. The summed E-state index contributed by atoms with van der Waals surface area (Å²) in [5.41, 5.74) is 1.14. The molecule has 2 rings (SSSR count). The van der Waals surface area contributed by atoms with Gasteiger partial charge in [-0.1, -0.05) is 25.1 Å². The van der Waals surface area contributed by atoms with Gasteiger partial charge in [0.15, 0.2) is 0 Å². The van der Waals surface area contributed by atoms with Crippen LogP contribution in [0.5, 0.6) is 5.75 Å². The van der Waals surface area contributed by atoms with Gasteiger partial charge < -0.3 is 14.8 Å². The minimum Gasteiger partial charge on any atom is -0.496 e. The highest BCUT2D eigenvalue weighted by atomic mass is 16.5. The Morgan fingerprint density at radius 2 is 2.05 bits per heavy atom. The molecule has 1 aromatic rings. The van der Waals surface area contributed by atoms with Gasteiger partial charge in [0.25, 0.3) is 0 Å². The summed E-state index contributed by atoms with van der Waals surface area (Å²) < 4.78 is 11.6. The molecule has 0 aliphatic heterocycles. The second kappa shape index (κ2) is 6.92. The molecule has 2 unspecified atom stereocenters. The average Bonchev–Trinajstić information content (AvgIpc) is 3.27. The molecule has 0 heterocycles. The second-order valence-corrected chi connectivity index (χ2v) is 5.27. The van der Waals surface area contributed by atoms with Crippen molar-refractivity contribution in [2.24, 2.45) is 0 Å². The van der Waals surface area contributed by atoms with Gasteiger partial charge in [0.2, 0.25) is 0 Å². The highest BCUT2D eigenvalue weighted by molar-refractivity contribution is 5.35. The van der Waals surface area contributed by atoms with Gasteiger partial charge in [-0.15, -0.1) is 0 Å². The predicted molar refractivity (Wildman–Crippen MR) is 77.6 cm³/mol. The standard InChI is InChI=1S/C16H25NO2/c1-4-12(2)19-16(11-17-13-9-10-13)14-7-5-6-8-15(14)18-3/h5-8,12-13,16-17H,4,9-11H2,1-3H3. The fourth-order valence-corrected chi connectivity index (χ4v) is 2.10. The summed E-state index contributed by atoms with van der Waals surface area (Å²) in [5.74, 6) is 0.911. The lowest BCUT2D eigenvalue weighted by molar-refractivity contribution is -0.00577. The van der Waals surface area contributed by atoms with E-state index in [9.17, 15) is 0 Å². The first kappa shape index (κ1) is 14.4. The number of hydrogen-bond donors (Lipinski definition) is 1. The van der Waals surface area contributed by atoms with Crippen LogP contribution in [0, 0.1) is 0 Å². The Labute approximate surface area is 116 Å². The van der Waals surface area contributed by atoms with Crippen molar-refractivity contribution >= 4 is 0 Å². The minimum atomic E-state index is 0.0618. The molecule has 0 bridgehead atoms. The highest BCUT2D eigenvalue weighted by Crippen LogP contribution is 2.29. The topological polar surface area (TPSA) is 30.5 Å². The average molecular weight is 263 g/mol. The van der Waals surface area contributed by atoms with Crippen LogP contribution in [0.3, 0.4) is 0 Å². The minimum absolute atomic E-state index is 0.0618. The van der Waals surface area contributed by atoms with E-state index in [1.54, 1.807) is 7.11 Å². The Hall–Kier alpha value is -1.06. The lowest BCUT2D eigenvalue weighted by Gasteiger charge is -2.24. The third kappa shape index (κ3) is 4.22. The van der Waals surface area contributed by atoms with Crippen LogP contribution in [0.15, 0.2) is 24.3 Å². The smallest absolute Gasteiger partial charge is 0.124 e. The molecule has 106 valence electrons. The molecule has 0 saturated heterocycles. The first-order valence-electron chi connectivity index (χ1n) is 7.26. The van der Waals surface area contributed by atoms with Crippen molar-refractivity contribution < 1.29 is 9.47 Å². The Morgan fingerprint density at radius 3 is 2.68 bits per heavy atom. The molecule has 19 heavy (non-hydrogen) atoms. The lowest BCUT2D eigenvalue weighted by Crippen LogP contribution is -2.27. The summed E-state index contributed by atoms with van der Waals surface area (Å²) >= 11 is 0. The zero-order chi connectivity index (χ0) is 13.7. The van der Waals surface area contributed by atoms with Crippen LogP contribution in [-0.4, -0.2) is 25.8 Å². The molecule has 1 fully saturated rings. The Bertz CT molecular complexity index is 390. The summed E-state index contributed by atoms with van der Waals surface area (Å²) in [6.07, 6.45) is 3.93. The highest BCUT2D eigenvalue weighted by Gasteiger charge is 2.24. The van der Waals surface area contributed by atoms with Crippen LogP contribution >= 0.6 is 0 Å². The molecule has 1 saturated carbocycles. The second-order valence-electron chi connectivity index (χ2n) is 5.27. The number of benzene rings is 1. The molecule has 1 aliphatic carbocycles. The normalized spacial score (nSPS) is 18.1. The van der Waals surface area contributed by atoms with E-state index in [1.165, 1.54) is 12.8 Å². The molecule has 0 amide bonds. The van der Waals surface area contributed by atoms with Crippen molar-refractivity contribution in [3.05, 3.63) is 29.8 Å². The number of ether oxygens (including phenoxy) is 2. The molecule has 3 heteroatoms. The molecule has 1 aliphatic rings. The van der Waals surface area contributed by atoms with Crippen molar-refractivity contribution in [2.75, 3.05) is 13.7 Å². The number of methoxy groups -OCH3 is 1. The fourth-order valence-electron chi connectivity index (χ4n) is 2.10. The third-order valence-electron chi connectivity index (χ3n) is 3.63. The summed E-state index contributed by atoms with van der Waals surface area (Å²) in [6, 6.07) is 8.83. The van der Waals surface area contributed by atoms with Crippen LogP contribution < -0.4 is 10.1 Å². The number of nitrogens with one attached hydrogen (secondary N) is 1.